The first-order valence-electron chi connectivity index (χ1n) is 6.44. The zero-order valence-corrected chi connectivity index (χ0v) is 10.8. The van der Waals surface area contributed by atoms with Gasteiger partial charge in [0.15, 0.2) is 0 Å². The van der Waals surface area contributed by atoms with Crippen molar-refractivity contribution < 1.29 is 9.53 Å². The number of nitrogens with zero attached hydrogens (tertiary/aromatic N) is 1. The summed E-state index contributed by atoms with van der Waals surface area (Å²) in [7, 11) is 0. The molecule has 0 saturated carbocycles. The van der Waals surface area contributed by atoms with Crippen molar-refractivity contribution in [2.45, 2.75) is 32.2 Å². The molecule has 18 heavy (non-hydrogen) atoms. The largest absolute Gasteiger partial charge is 0.493 e. The van der Waals surface area contributed by atoms with Crippen LogP contribution in [0, 0.1) is 0 Å². The number of anilines is 1. The van der Waals surface area contributed by atoms with Crippen LogP contribution >= 0.6 is 0 Å². The van der Waals surface area contributed by atoms with E-state index in [2.05, 4.69) is 6.92 Å². The van der Waals surface area contributed by atoms with E-state index in [0.29, 0.717) is 24.8 Å². The maximum atomic E-state index is 11.9. The average Bonchev–Trinajstić information content (AvgIpc) is 2.78. The van der Waals surface area contributed by atoms with Crippen LogP contribution in [0.4, 0.5) is 5.69 Å². The molecule has 1 amide bonds. The fourth-order valence-electron chi connectivity index (χ4n) is 2.27. The SMILES string of the molecule is CC1CCCN1C(=O)CCOc1ccc(N)cc1. The molecule has 4 heteroatoms. The smallest absolute Gasteiger partial charge is 0.226 e. The Morgan fingerprint density at radius 1 is 1.44 bits per heavy atom. The Balaban J connectivity index is 1.75. The van der Waals surface area contributed by atoms with Crippen molar-refractivity contribution in [1.29, 1.82) is 0 Å². The van der Waals surface area contributed by atoms with Crippen LogP contribution in [-0.4, -0.2) is 30.0 Å². The van der Waals surface area contributed by atoms with E-state index in [1.165, 1.54) is 0 Å². The molecule has 2 N–H and O–H groups in total. The number of nitrogens with two attached hydrogens (primary N) is 1. The Morgan fingerprint density at radius 2 is 2.17 bits per heavy atom. The van der Waals surface area contributed by atoms with Crippen LogP contribution in [0.15, 0.2) is 24.3 Å². The van der Waals surface area contributed by atoms with E-state index in [1.54, 1.807) is 12.1 Å². The molecule has 0 aromatic heterocycles. The van der Waals surface area contributed by atoms with Gasteiger partial charge in [-0.2, -0.15) is 0 Å². The third-order valence-corrected chi connectivity index (χ3v) is 3.34. The predicted octanol–water partition coefficient (Wildman–Crippen LogP) is 2.05. The second kappa shape index (κ2) is 5.76. The lowest BCUT2D eigenvalue weighted by Gasteiger charge is -2.21. The summed E-state index contributed by atoms with van der Waals surface area (Å²) in [5, 5.41) is 0. The quantitative estimate of drug-likeness (QED) is 0.830. The van der Waals surface area contributed by atoms with Crippen LogP contribution in [0.3, 0.4) is 0 Å². The molecule has 0 radical (unpaired) electrons. The van der Waals surface area contributed by atoms with Gasteiger partial charge in [0.05, 0.1) is 13.0 Å². The van der Waals surface area contributed by atoms with Gasteiger partial charge < -0.3 is 15.4 Å². The molecule has 2 rings (SSSR count). The first-order chi connectivity index (χ1) is 8.66. The highest BCUT2D eigenvalue weighted by Gasteiger charge is 2.24. The van der Waals surface area contributed by atoms with Crippen LogP contribution in [0.2, 0.25) is 0 Å². The van der Waals surface area contributed by atoms with E-state index in [9.17, 15) is 4.79 Å². The van der Waals surface area contributed by atoms with E-state index in [1.807, 2.05) is 17.0 Å². The van der Waals surface area contributed by atoms with Crippen LogP contribution in [0.25, 0.3) is 0 Å². The Morgan fingerprint density at radius 3 is 2.78 bits per heavy atom. The Hall–Kier alpha value is -1.71. The third-order valence-electron chi connectivity index (χ3n) is 3.34. The number of hydrogen-bond donors (Lipinski definition) is 1. The van der Waals surface area contributed by atoms with Crippen molar-refractivity contribution in [3.8, 4) is 5.75 Å². The van der Waals surface area contributed by atoms with Crippen LogP contribution in [0.5, 0.6) is 5.75 Å². The van der Waals surface area contributed by atoms with Crippen LogP contribution in [-0.2, 0) is 4.79 Å². The first kappa shape index (κ1) is 12.7. The number of amides is 1. The van der Waals surface area contributed by atoms with E-state index < -0.39 is 0 Å². The summed E-state index contributed by atoms with van der Waals surface area (Å²) in [4.78, 5) is 13.9. The predicted molar refractivity (Wildman–Crippen MR) is 71.4 cm³/mol. The normalized spacial score (nSPS) is 18.9. The molecule has 1 saturated heterocycles. The number of nitrogen functional groups attached to an aromatic ring is 1. The Bertz CT molecular complexity index is 403. The minimum Gasteiger partial charge on any atom is -0.493 e. The van der Waals surface area contributed by atoms with Crippen molar-refractivity contribution in [3.05, 3.63) is 24.3 Å². The van der Waals surface area contributed by atoms with Crippen molar-refractivity contribution >= 4 is 11.6 Å². The summed E-state index contributed by atoms with van der Waals surface area (Å²) in [6.07, 6.45) is 2.67. The molecule has 1 aliphatic rings. The molecule has 1 aromatic rings. The summed E-state index contributed by atoms with van der Waals surface area (Å²) in [5.74, 6) is 0.946. The minimum atomic E-state index is 0.190. The summed E-state index contributed by atoms with van der Waals surface area (Å²) in [5.41, 5.74) is 6.30. The van der Waals surface area contributed by atoms with Crippen LogP contribution < -0.4 is 10.5 Å². The van der Waals surface area contributed by atoms with Gasteiger partial charge in [-0.3, -0.25) is 4.79 Å². The van der Waals surface area contributed by atoms with Gasteiger partial charge in [0.25, 0.3) is 0 Å². The lowest BCUT2D eigenvalue weighted by atomic mass is 10.2. The zero-order valence-electron chi connectivity index (χ0n) is 10.8. The fraction of sp³-hybridized carbons (Fsp3) is 0.500. The molecule has 0 aliphatic carbocycles. The molecule has 1 unspecified atom stereocenters. The molecule has 1 atom stereocenters. The van der Waals surface area contributed by atoms with Crippen molar-refractivity contribution in [1.82, 2.24) is 4.90 Å². The molecule has 1 aliphatic heterocycles. The number of carbonyl (C=O) groups is 1. The van der Waals surface area contributed by atoms with Gasteiger partial charge in [0, 0.05) is 18.3 Å². The Labute approximate surface area is 108 Å². The molecule has 1 fully saturated rings. The number of carbonyl (C=O) groups excluding carboxylic acids is 1. The highest BCUT2D eigenvalue weighted by atomic mass is 16.5. The molecule has 0 bridgehead atoms. The lowest BCUT2D eigenvalue weighted by Crippen LogP contribution is -2.34. The van der Waals surface area contributed by atoms with Gasteiger partial charge in [-0.05, 0) is 44.0 Å². The van der Waals surface area contributed by atoms with Gasteiger partial charge in [-0.15, -0.1) is 0 Å². The maximum Gasteiger partial charge on any atom is 0.226 e. The fourth-order valence-corrected chi connectivity index (χ4v) is 2.27. The zero-order chi connectivity index (χ0) is 13.0. The van der Waals surface area contributed by atoms with Gasteiger partial charge in [0.1, 0.15) is 5.75 Å². The average molecular weight is 248 g/mol. The van der Waals surface area contributed by atoms with Crippen molar-refractivity contribution in [3.63, 3.8) is 0 Å². The van der Waals surface area contributed by atoms with E-state index in [4.69, 9.17) is 10.5 Å². The topological polar surface area (TPSA) is 55.6 Å². The van der Waals surface area contributed by atoms with Gasteiger partial charge in [0.2, 0.25) is 5.91 Å². The number of ether oxygens (including phenoxy) is 1. The number of benzene rings is 1. The highest BCUT2D eigenvalue weighted by Crippen LogP contribution is 2.18. The Kier molecular flexibility index (Phi) is 4.07. The van der Waals surface area contributed by atoms with Gasteiger partial charge in [-0.1, -0.05) is 0 Å². The molecular weight excluding hydrogens is 228 g/mol. The standard InChI is InChI=1S/C14H20N2O2/c1-11-3-2-9-16(11)14(17)8-10-18-13-6-4-12(15)5-7-13/h4-7,11H,2-3,8-10,15H2,1H3. The van der Waals surface area contributed by atoms with Crippen molar-refractivity contribution in [2.24, 2.45) is 0 Å². The monoisotopic (exact) mass is 248 g/mol. The van der Waals surface area contributed by atoms with E-state index in [-0.39, 0.29) is 5.91 Å². The summed E-state index contributed by atoms with van der Waals surface area (Å²) in [6, 6.07) is 7.60. The number of rotatable bonds is 4. The molecule has 1 heterocycles. The summed E-state index contributed by atoms with van der Waals surface area (Å²) < 4.78 is 5.52. The molecular formula is C14H20N2O2. The van der Waals surface area contributed by atoms with Crippen molar-refractivity contribution in [2.75, 3.05) is 18.9 Å². The molecule has 1 aromatic carbocycles. The first-order valence-corrected chi connectivity index (χ1v) is 6.44. The molecule has 98 valence electrons. The maximum absolute atomic E-state index is 11.9. The molecule has 0 spiro atoms. The highest BCUT2D eigenvalue weighted by molar-refractivity contribution is 5.76. The minimum absolute atomic E-state index is 0.190. The van der Waals surface area contributed by atoms with Gasteiger partial charge >= 0.3 is 0 Å². The lowest BCUT2D eigenvalue weighted by molar-refractivity contribution is -0.132. The summed E-state index contributed by atoms with van der Waals surface area (Å²) >= 11 is 0. The van der Waals surface area contributed by atoms with E-state index in [0.717, 1.165) is 25.1 Å². The molecule has 4 nitrogen and oxygen atoms in total. The van der Waals surface area contributed by atoms with E-state index >= 15 is 0 Å². The second-order valence-corrected chi connectivity index (χ2v) is 4.75. The van der Waals surface area contributed by atoms with Crippen LogP contribution in [0.1, 0.15) is 26.2 Å². The van der Waals surface area contributed by atoms with Gasteiger partial charge in [-0.25, -0.2) is 0 Å². The third kappa shape index (κ3) is 3.15. The number of hydrogen-bond acceptors (Lipinski definition) is 3. The summed E-state index contributed by atoms with van der Waals surface area (Å²) in [6.45, 7) is 3.42. The second-order valence-electron chi connectivity index (χ2n) is 4.75. The number of likely N-dealkylation sites (tertiary alicyclic amines) is 1.